The number of rotatable bonds is 3. The molecule has 4 heteroatoms. The molecule has 2 aromatic rings. The zero-order valence-corrected chi connectivity index (χ0v) is 10.1. The number of hydrogen-bond donors (Lipinski definition) is 1. The molecule has 0 saturated heterocycles. The van der Waals surface area contributed by atoms with E-state index in [2.05, 4.69) is 10.4 Å². The highest BCUT2D eigenvalue weighted by atomic mass is 35.5. The van der Waals surface area contributed by atoms with Crippen molar-refractivity contribution >= 4 is 17.3 Å². The fourth-order valence-electron chi connectivity index (χ4n) is 1.62. The van der Waals surface area contributed by atoms with Gasteiger partial charge in [0.25, 0.3) is 0 Å². The van der Waals surface area contributed by atoms with Crippen molar-refractivity contribution in [3.63, 3.8) is 0 Å². The van der Waals surface area contributed by atoms with Crippen molar-refractivity contribution in [3.8, 4) is 0 Å². The molecule has 0 radical (unpaired) electrons. The van der Waals surface area contributed by atoms with Crippen LogP contribution >= 0.6 is 11.6 Å². The van der Waals surface area contributed by atoms with Gasteiger partial charge in [0.2, 0.25) is 0 Å². The van der Waals surface area contributed by atoms with E-state index >= 15 is 0 Å². The number of nitrogens with zero attached hydrogens (tertiary/aromatic N) is 2. The van der Waals surface area contributed by atoms with Crippen LogP contribution < -0.4 is 5.32 Å². The number of hydrogen-bond acceptors (Lipinski definition) is 2. The van der Waals surface area contributed by atoms with E-state index in [0.29, 0.717) is 11.7 Å². The molecule has 1 aromatic carbocycles. The molecule has 16 heavy (non-hydrogen) atoms. The van der Waals surface area contributed by atoms with E-state index in [1.165, 1.54) is 0 Å². The number of halogens is 1. The highest BCUT2D eigenvalue weighted by molar-refractivity contribution is 6.30. The average Bonchev–Trinajstić information content (AvgIpc) is 2.53. The number of anilines is 1. The Bertz CT molecular complexity index is 477. The molecule has 1 aromatic heterocycles. The highest BCUT2D eigenvalue weighted by Crippen LogP contribution is 2.19. The molecule has 0 unspecified atom stereocenters. The maximum Gasteiger partial charge on any atom is 0.131 e. The van der Waals surface area contributed by atoms with E-state index in [1.54, 1.807) is 4.68 Å². The SMILES string of the molecule is Cc1nn(C)c(Cl)c1CNc1ccccc1. The normalized spacial score (nSPS) is 10.4. The minimum atomic E-state index is 0.695. The molecule has 2 rings (SSSR count). The van der Waals surface area contributed by atoms with Crippen molar-refractivity contribution in [3.05, 3.63) is 46.7 Å². The lowest BCUT2D eigenvalue weighted by molar-refractivity contribution is 0.757. The Morgan fingerprint density at radius 3 is 2.56 bits per heavy atom. The van der Waals surface area contributed by atoms with E-state index in [4.69, 9.17) is 11.6 Å². The quantitative estimate of drug-likeness (QED) is 0.887. The van der Waals surface area contributed by atoms with Gasteiger partial charge in [0.05, 0.1) is 5.69 Å². The number of benzene rings is 1. The summed E-state index contributed by atoms with van der Waals surface area (Å²) in [6.07, 6.45) is 0. The lowest BCUT2D eigenvalue weighted by Crippen LogP contribution is -2.00. The molecule has 0 bridgehead atoms. The molecule has 0 fully saturated rings. The summed E-state index contributed by atoms with van der Waals surface area (Å²) in [5, 5.41) is 8.28. The first kappa shape index (κ1) is 11.0. The lowest BCUT2D eigenvalue weighted by atomic mass is 10.2. The van der Waals surface area contributed by atoms with Gasteiger partial charge in [-0.25, -0.2) is 0 Å². The molecule has 0 aliphatic heterocycles. The Kier molecular flexibility index (Phi) is 3.15. The Morgan fingerprint density at radius 2 is 2.00 bits per heavy atom. The minimum absolute atomic E-state index is 0.695. The topological polar surface area (TPSA) is 29.9 Å². The molecule has 1 heterocycles. The summed E-state index contributed by atoms with van der Waals surface area (Å²) in [6.45, 7) is 2.66. The smallest absolute Gasteiger partial charge is 0.131 e. The largest absolute Gasteiger partial charge is 0.381 e. The van der Waals surface area contributed by atoms with E-state index in [1.807, 2.05) is 44.3 Å². The van der Waals surface area contributed by atoms with Crippen LogP contribution in [-0.4, -0.2) is 9.78 Å². The van der Waals surface area contributed by atoms with Crippen LogP contribution in [0.25, 0.3) is 0 Å². The van der Waals surface area contributed by atoms with Crippen LogP contribution in [0.5, 0.6) is 0 Å². The summed E-state index contributed by atoms with van der Waals surface area (Å²) >= 11 is 6.14. The van der Waals surface area contributed by atoms with Crippen LogP contribution in [0.2, 0.25) is 5.15 Å². The van der Waals surface area contributed by atoms with Crippen molar-refractivity contribution in [2.75, 3.05) is 5.32 Å². The standard InChI is InChI=1S/C12H14ClN3/c1-9-11(12(13)16(2)15-9)8-14-10-6-4-3-5-7-10/h3-7,14H,8H2,1-2H3. The molecular weight excluding hydrogens is 222 g/mol. The molecule has 0 aliphatic carbocycles. The Morgan fingerprint density at radius 1 is 1.31 bits per heavy atom. The van der Waals surface area contributed by atoms with Gasteiger partial charge in [-0.1, -0.05) is 29.8 Å². The maximum atomic E-state index is 6.14. The highest BCUT2D eigenvalue weighted by Gasteiger charge is 2.10. The molecule has 0 amide bonds. The Hall–Kier alpha value is -1.48. The van der Waals surface area contributed by atoms with Crippen LogP contribution in [0.3, 0.4) is 0 Å². The lowest BCUT2D eigenvalue weighted by Gasteiger charge is -2.05. The third-order valence-corrected chi connectivity index (χ3v) is 2.99. The van der Waals surface area contributed by atoms with Gasteiger partial charge in [-0.3, -0.25) is 4.68 Å². The average molecular weight is 236 g/mol. The number of para-hydroxylation sites is 1. The molecule has 0 aliphatic rings. The minimum Gasteiger partial charge on any atom is -0.381 e. The number of aromatic nitrogens is 2. The van der Waals surface area contributed by atoms with Gasteiger partial charge in [0, 0.05) is 24.8 Å². The van der Waals surface area contributed by atoms with Crippen molar-refractivity contribution in [2.24, 2.45) is 7.05 Å². The summed E-state index contributed by atoms with van der Waals surface area (Å²) in [6, 6.07) is 10.0. The van der Waals surface area contributed by atoms with E-state index in [0.717, 1.165) is 16.9 Å². The third-order valence-electron chi connectivity index (χ3n) is 2.51. The maximum absolute atomic E-state index is 6.14. The molecule has 84 valence electrons. The van der Waals surface area contributed by atoms with E-state index in [9.17, 15) is 0 Å². The van der Waals surface area contributed by atoms with Crippen molar-refractivity contribution in [1.29, 1.82) is 0 Å². The summed E-state index contributed by atoms with van der Waals surface area (Å²) < 4.78 is 1.69. The van der Waals surface area contributed by atoms with Gasteiger partial charge in [-0.2, -0.15) is 5.10 Å². The fourth-order valence-corrected chi connectivity index (χ4v) is 1.86. The van der Waals surface area contributed by atoms with Gasteiger partial charge in [0.1, 0.15) is 5.15 Å². The second kappa shape index (κ2) is 4.58. The van der Waals surface area contributed by atoms with Gasteiger partial charge in [-0.15, -0.1) is 0 Å². The molecule has 0 saturated carbocycles. The van der Waals surface area contributed by atoms with Crippen LogP contribution in [0.15, 0.2) is 30.3 Å². The first-order valence-corrected chi connectivity index (χ1v) is 5.53. The monoisotopic (exact) mass is 235 g/mol. The predicted molar refractivity (Wildman–Crippen MR) is 66.7 cm³/mol. The van der Waals surface area contributed by atoms with Crippen molar-refractivity contribution in [2.45, 2.75) is 13.5 Å². The molecule has 1 N–H and O–H groups in total. The summed E-state index contributed by atoms with van der Waals surface area (Å²) in [5.41, 5.74) is 3.10. The second-order valence-corrected chi connectivity index (χ2v) is 4.06. The molecule has 0 atom stereocenters. The first-order valence-electron chi connectivity index (χ1n) is 5.15. The van der Waals surface area contributed by atoms with Gasteiger partial charge < -0.3 is 5.32 Å². The van der Waals surface area contributed by atoms with E-state index < -0.39 is 0 Å². The molecule has 3 nitrogen and oxygen atoms in total. The van der Waals surface area contributed by atoms with Crippen LogP contribution in [-0.2, 0) is 13.6 Å². The summed E-state index contributed by atoms with van der Waals surface area (Å²) in [7, 11) is 1.85. The van der Waals surface area contributed by atoms with Gasteiger partial charge in [0.15, 0.2) is 0 Å². The van der Waals surface area contributed by atoms with Crippen LogP contribution in [0.1, 0.15) is 11.3 Å². The first-order chi connectivity index (χ1) is 7.68. The third kappa shape index (κ3) is 2.19. The molecule has 0 spiro atoms. The summed E-state index contributed by atoms with van der Waals surface area (Å²) in [5.74, 6) is 0. The number of aryl methyl sites for hydroxylation is 2. The van der Waals surface area contributed by atoms with Crippen molar-refractivity contribution in [1.82, 2.24) is 9.78 Å². The summed E-state index contributed by atoms with van der Waals surface area (Å²) in [4.78, 5) is 0. The predicted octanol–water partition coefficient (Wildman–Crippen LogP) is 2.99. The zero-order chi connectivity index (χ0) is 11.5. The van der Waals surface area contributed by atoms with Crippen molar-refractivity contribution < 1.29 is 0 Å². The second-order valence-electron chi connectivity index (χ2n) is 3.70. The number of nitrogens with one attached hydrogen (secondary N) is 1. The zero-order valence-electron chi connectivity index (χ0n) is 9.37. The Balaban J connectivity index is 2.11. The fraction of sp³-hybridized carbons (Fsp3) is 0.250. The Labute approximate surface area is 100 Å². The van der Waals surface area contributed by atoms with E-state index in [-0.39, 0.29) is 0 Å². The van der Waals surface area contributed by atoms with Crippen LogP contribution in [0.4, 0.5) is 5.69 Å². The molecular formula is C12H14ClN3. The van der Waals surface area contributed by atoms with Crippen LogP contribution in [0, 0.1) is 6.92 Å². The van der Waals surface area contributed by atoms with Gasteiger partial charge >= 0.3 is 0 Å². The van der Waals surface area contributed by atoms with Gasteiger partial charge in [-0.05, 0) is 19.1 Å².